The van der Waals surface area contributed by atoms with Gasteiger partial charge in [-0.15, -0.1) is 12.4 Å². The monoisotopic (exact) mass is 352 g/mol. The highest BCUT2D eigenvalue weighted by Gasteiger charge is 2.15. The third-order valence-corrected chi connectivity index (χ3v) is 2.68. The smallest absolute Gasteiger partial charge is 0.243 e. The summed E-state index contributed by atoms with van der Waals surface area (Å²) in [4.78, 5) is 11.8. The number of nitrogens with one attached hydrogen (secondary N) is 1. The Bertz CT molecular complexity index is 418. The van der Waals surface area contributed by atoms with E-state index in [9.17, 15) is 4.79 Å². The lowest BCUT2D eigenvalue weighted by atomic mass is 10.2. The number of rotatable bonds is 6. The highest BCUT2D eigenvalue weighted by atomic mass is 79.9. The number of amides is 1. The van der Waals surface area contributed by atoms with E-state index in [4.69, 9.17) is 15.2 Å². The number of anilines is 1. The van der Waals surface area contributed by atoms with Gasteiger partial charge in [0.15, 0.2) is 0 Å². The molecule has 0 fully saturated rings. The van der Waals surface area contributed by atoms with Gasteiger partial charge in [0, 0.05) is 11.6 Å². The van der Waals surface area contributed by atoms with E-state index < -0.39 is 6.04 Å². The Balaban J connectivity index is 0.00000324. The van der Waals surface area contributed by atoms with Crippen LogP contribution in [0.25, 0.3) is 0 Å². The molecule has 1 rings (SSSR count). The topological polar surface area (TPSA) is 73.6 Å². The van der Waals surface area contributed by atoms with Crippen molar-refractivity contribution in [3.8, 4) is 5.75 Å². The predicted molar refractivity (Wildman–Crippen MR) is 81.0 cm³/mol. The molecule has 0 saturated carbocycles. The lowest BCUT2D eigenvalue weighted by Crippen LogP contribution is -2.39. The number of carbonyl (C=O) groups is 1. The number of hydrogen-bond donors (Lipinski definition) is 2. The van der Waals surface area contributed by atoms with Crippen molar-refractivity contribution in [2.75, 3.05) is 25.6 Å². The van der Waals surface area contributed by atoms with Gasteiger partial charge in [0.05, 0.1) is 18.9 Å². The van der Waals surface area contributed by atoms with Crippen molar-refractivity contribution < 1.29 is 14.3 Å². The van der Waals surface area contributed by atoms with Crippen LogP contribution < -0.4 is 15.8 Å². The predicted octanol–water partition coefficient (Wildman–Crippen LogP) is 2.18. The summed E-state index contributed by atoms with van der Waals surface area (Å²) in [6.07, 6.45) is 0. The van der Waals surface area contributed by atoms with Gasteiger partial charge in [0.2, 0.25) is 5.91 Å². The van der Waals surface area contributed by atoms with Crippen LogP contribution in [0.2, 0.25) is 0 Å². The van der Waals surface area contributed by atoms with E-state index in [1.54, 1.807) is 12.1 Å². The molecule has 0 saturated heterocycles. The molecule has 108 valence electrons. The van der Waals surface area contributed by atoms with Gasteiger partial charge >= 0.3 is 0 Å². The molecule has 1 amide bonds. The Morgan fingerprint density at radius 2 is 2.21 bits per heavy atom. The molecule has 1 aromatic rings. The quantitative estimate of drug-likeness (QED) is 0.822. The van der Waals surface area contributed by atoms with Gasteiger partial charge in [-0.05, 0) is 25.1 Å². The lowest BCUT2D eigenvalue weighted by Gasteiger charge is -2.14. The molecule has 0 bridgehead atoms. The van der Waals surface area contributed by atoms with Crippen LogP contribution in [-0.2, 0) is 9.53 Å². The highest BCUT2D eigenvalue weighted by Crippen LogP contribution is 2.28. The van der Waals surface area contributed by atoms with E-state index >= 15 is 0 Å². The van der Waals surface area contributed by atoms with E-state index in [2.05, 4.69) is 21.2 Å². The van der Waals surface area contributed by atoms with Crippen LogP contribution >= 0.6 is 28.3 Å². The Kier molecular flexibility index (Phi) is 8.75. The molecule has 0 aliphatic rings. The van der Waals surface area contributed by atoms with Gasteiger partial charge in [0.1, 0.15) is 11.8 Å². The second-order valence-corrected chi connectivity index (χ2v) is 4.54. The Hall–Kier alpha value is -0.820. The molecule has 0 aliphatic carbocycles. The number of nitrogens with two attached hydrogens (primary N) is 1. The second kappa shape index (κ2) is 9.14. The Morgan fingerprint density at radius 1 is 1.53 bits per heavy atom. The SMILES string of the molecule is CCOc1ccc(Br)cc1NC(=O)C(N)COC.Cl. The van der Waals surface area contributed by atoms with Gasteiger partial charge in [-0.25, -0.2) is 0 Å². The van der Waals surface area contributed by atoms with E-state index in [0.717, 1.165) is 4.47 Å². The molecule has 1 unspecified atom stereocenters. The fourth-order valence-electron chi connectivity index (χ4n) is 1.36. The third-order valence-electron chi connectivity index (χ3n) is 2.18. The summed E-state index contributed by atoms with van der Waals surface area (Å²) >= 11 is 3.34. The molecule has 5 nitrogen and oxygen atoms in total. The van der Waals surface area contributed by atoms with Crippen LogP contribution in [0.4, 0.5) is 5.69 Å². The van der Waals surface area contributed by atoms with Crippen LogP contribution in [0.3, 0.4) is 0 Å². The summed E-state index contributed by atoms with van der Waals surface area (Å²) in [5, 5.41) is 2.72. The third kappa shape index (κ3) is 5.78. The van der Waals surface area contributed by atoms with Crippen molar-refractivity contribution in [1.29, 1.82) is 0 Å². The minimum absolute atomic E-state index is 0. The van der Waals surface area contributed by atoms with Crippen molar-refractivity contribution in [2.45, 2.75) is 13.0 Å². The van der Waals surface area contributed by atoms with Crippen LogP contribution in [0.1, 0.15) is 6.92 Å². The molecule has 0 aromatic heterocycles. The molecule has 0 heterocycles. The molecule has 19 heavy (non-hydrogen) atoms. The number of methoxy groups -OCH3 is 1. The first-order valence-corrected chi connectivity index (χ1v) is 6.35. The maximum absolute atomic E-state index is 11.8. The van der Waals surface area contributed by atoms with Crippen LogP contribution in [-0.4, -0.2) is 32.3 Å². The van der Waals surface area contributed by atoms with E-state index in [1.807, 2.05) is 13.0 Å². The zero-order valence-corrected chi connectivity index (χ0v) is 13.2. The molecule has 7 heteroatoms. The first-order valence-electron chi connectivity index (χ1n) is 5.56. The zero-order chi connectivity index (χ0) is 13.5. The summed E-state index contributed by atoms with van der Waals surface area (Å²) in [6.45, 7) is 2.57. The number of ether oxygens (including phenoxy) is 2. The molecule has 0 spiro atoms. The molecule has 3 N–H and O–H groups in total. The fourth-order valence-corrected chi connectivity index (χ4v) is 1.72. The number of carbonyl (C=O) groups excluding carboxylic acids is 1. The average Bonchev–Trinajstić information content (AvgIpc) is 2.33. The molecule has 0 aliphatic heterocycles. The molecule has 0 radical (unpaired) electrons. The molecular weight excluding hydrogens is 336 g/mol. The standard InChI is InChI=1S/C12H17BrN2O3.ClH/c1-3-18-11-5-4-8(13)6-10(11)15-12(16)9(14)7-17-2;/h4-6,9H,3,7,14H2,1-2H3,(H,15,16);1H. The average molecular weight is 354 g/mol. The molecule has 1 atom stereocenters. The number of halogens is 2. The first kappa shape index (κ1) is 18.2. The normalized spacial score (nSPS) is 11.4. The summed E-state index contributed by atoms with van der Waals surface area (Å²) in [7, 11) is 1.50. The summed E-state index contributed by atoms with van der Waals surface area (Å²) < 4.78 is 11.1. The van der Waals surface area contributed by atoms with Gasteiger partial charge in [-0.3, -0.25) is 4.79 Å². The number of hydrogen-bond acceptors (Lipinski definition) is 4. The van der Waals surface area contributed by atoms with Crippen molar-refractivity contribution in [3.05, 3.63) is 22.7 Å². The maximum atomic E-state index is 11.8. The maximum Gasteiger partial charge on any atom is 0.243 e. The van der Waals surface area contributed by atoms with Gasteiger partial charge < -0.3 is 20.5 Å². The van der Waals surface area contributed by atoms with Crippen molar-refractivity contribution in [2.24, 2.45) is 5.73 Å². The highest BCUT2D eigenvalue weighted by molar-refractivity contribution is 9.10. The second-order valence-electron chi connectivity index (χ2n) is 3.62. The summed E-state index contributed by atoms with van der Waals surface area (Å²) in [5.74, 6) is 0.301. The van der Waals surface area contributed by atoms with E-state index in [0.29, 0.717) is 18.0 Å². The fraction of sp³-hybridized carbons (Fsp3) is 0.417. The van der Waals surface area contributed by atoms with Crippen LogP contribution in [0.5, 0.6) is 5.75 Å². The van der Waals surface area contributed by atoms with Crippen LogP contribution in [0.15, 0.2) is 22.7 Å². The largest absolute Gasteiger partial charge is 0.492 e. The minimum Gasteiger partial charge on any atom is -0.492 e. The van der Waals surface area contributed by atoms with Crippen molar-refractivity contribution in [1.82, 2.24) is 0 Å². The minimum atomic E-state index is -0.705. The van der Waals surface area contributed by atoms with Crippen molar-refractivity contribution >= 4 is 39.9 Å². The Morgan fingerprint density at radius 3 is 2.79 bits per heavy atom. The Labute approximate surface area is 127 Å². The lowest BCUT2D eigenvalue weighted by molar-refractivity contribution is -0.118. The first-order chi connectivity index (χ1) is 8.58. The molecule has 1 aromatic carbocycles. The van der Waals surface area contributed by atoms with Gasteiger partial charge in [-0.1, -0.05) is 15.9 Å². The van der Waals surface area contributed by atoms with E-state index in [-0.39, 0.29) is 24.9 Å². The summed E-state index contributed by atoms with van der Waals surface area (Å²) in [6, 6.07) is 4.69. The van der Waals surface area contributed by atoms with Crippen molar-refractivity contribution in [3.63, 3.8) is 0 Å². The van der Waals surface area contributed by atoms with Gasteiger partial charge in [0.25, 0.3) is 0 Å². The summed E-state index contributed by atoms with van der Waals surface area (Å²) in [5.41, 5.74) is 6.23. The zero-order valence-electron chi connectivity index (χ0n) is 10.8. The van der Waals surface area contributed by atoms with E-state index in [1.165, 1.54) is 7.11 Å². The van der Waals surface area contributed by atoms with Crippen LogP contribution in [0, 0.1) is 0 Å². The van der Waals surface area contributed by atoms with Gasteiger partial charge in [-0.2, -0.15) is 0 Å². The number of benzene rings is 1. The molecular formula is C12H18BrClN2O3.